The number of carbonyl (C=O) groups is 1. The maximum absolute atomic E-state index is 12.7. The lowest BCUT2D eigenvalue weighted by Crippen LogP contribution is -2.13. The van der Waals surface area contributed by atoms with Crippen LogP contribution in [0.3, 0.4) is 0 Å². The average molecular weight is 331 g/mol. The van der Waals surface area contributed by atoms with E-state index in [0.717, 1.165) is 24.9 Å². The van der Waals surface area contributed by atoms with Crippen LogP contribution >= 0.6 is 0 Å². The Labute approximate surface area is 142 Å². The summed E-state index contributed by atoms with van der Waals surface area (Å²) in [5.41, 5.74) is 2.12. The molecular weight excluding hydrogens is 306 g/mol. The van der Waals surface area contributed by atoms with Crippen LogP contribution in [0.25, 0.3) is 0 Å². The predicted molar refractivity (Wildman–Crippen MR) is 94.0 cm³/mol. The number of aromatic nitrogens is 2. The Morgan fingerprint density at radius 2 is 2.08 bits per heavy atom. The summed E-state index contributed by atoms with van der Waals surface area (Å²) in [5, 5.41) is 7.24. The molecule has 0 bridgehead atoms. The molecule has 0 spiro atoms. The summed E-state index contributed by atoms with van der Waals surface area (Å²) in [4.78, 5) is 12.7. The van der Waals surface area contributed by atoms with E-state index in [1.165, 1.54) is 0 Å². The van der Waals surface area contributed by atoms with Crippen molar-refractivity contribution in [2.75, 3.05) is 19.0 Å². The number of methoxy groups -OCH3 is 1. The monoisotopic (exact) mass is 331 g/mol. The van der Waals surface area contributed by atoms with Gasteiger partial charge in [-0.3, -0.25) is 9.48 Å². The Bertz CT molecular complexity index is 695. The molecule has 0 saturated carbocycles. The van der Waals surface area contributed by atoms with E-state index >= 15 is 0 Å². The third-order valence-corrected chi connectivity index (χ3v) is 3.47. The Hall–Kier alpha value is -2.50. The van der Waals surface area contributed by atoms with Crippen molar-refractivity contribution in [2.24, 2.45) is 0 Å². The highest BCUT2D eigenvalue weighted by Gasteiger charge is 2.19. The molecule has 1 heterocycles. The molecule has 0 aliphatic heterocycles. The largest absolute Gasteiger partial charge is 0.495 e. The third kappa shape index (κ3) is 4.28. The second kappa shape index (κ2) is 8.38. The van der Waals surface area contributed by atoms with E-state index < -0.39 is 0 Å². The molecule has 130 valence electrons. The minimum absolute atomic E-state index is 0.259. The van der Waals surface area contributed by atoms with Crippen molar-refractivity contribution in [2.45, 2.75) is 40.2 Å². The van der Waals surface area contributed by atoms with Crippen LogP contribution in [0.15, 0.2) is 24.4 Å². The number of nitrogens with zero attached hydrogens (tertiary/aromatic N) is 2. The number of anilines is 1. The first-order valence-corrected chi connectivity index (χ1v) is 8.25. The SMILES string of the molecule is CCCOc1nn(CCC)cc1C(=O)Nc1ccc(C)cc1OC. The number of ether oxygens (including phenoxy) is 2. The van der Waals surface area contributed by atoms with Gasteiger partial charge in [-0.25, -0.2) is 0 Å². The Morgan fingerprint density at radius 3 is 2.75 bits per heavy atom. The molecule has 1 N–H and O–H groups in total. The lowest BCUT2D eigenvalue weighted by atomic mass is 10.2. The summed E-state index contributed by atoms with van der Waals surface area (Å²) in [6.45, 7) is 7.31. The summed E-state index contributed by atoms with van der Waals surface area (Å²) < 4.78 is 12.7. The fourth-order valence-corrected chi connectivity index (χ4v) is 2.30. The number of rotatable bonds is 8. The van der Waals surface area contributed by atoms with E-state index in [0.29, 0.717) is 29.5 Å². The molecule has 0 saturated heterocycles. The fourth-order valence-electron chi connectivity index (χ4n) is 2.30. The first kappa shape index (κ1) is 17.8. The summed E-state index contributed by atoms with van der Waals surface area (Å²) in [5.74, 6) is 0.736. The van der Waals surface area contributed by atoms with Crippen molar-refractivity contribution < 1.29 is 14.3 Å². The highest BCUT2D eigenvalue weighted by Crippen LogP contribution is 2.27. The van der Waals surface area contributed by atoms with Gasteiger partial charge in [-0.05, 0) is 37.5 Å². The van der Waals surface area contributed by atoms with Gasteiger partial charge in [0.05, 0.1) is 19.4 Å². The molecule has 6 heteroatoms. The van der Waals surface area contributed by atoms with Gasteiger partial charge in [0.1, 0.15) is 11.3 Å². The number of aryl methyl sites for hydroxylation is 2. The van der Waals surface area contributed by atoms with E-state index in [2.05, 4.69) is 17.3 Å². The first-order chi connectivity index (χ1) is 11.6. The molecule has 0 atom stereocenters. The van der Waals surface area contributed by atoms with Crippen molar-refractivity contribution in [3.05, 3.63) is 35.5 Å². The van der Waals surface area contributed by atoms with Crippen LogP contribution in [0.5, 0.6) is 11.6 Å². The van der Waals surface area contributed by atoms with Gasteiger partial charge in [-0.15, -0.1) is 5.10 Å². The normalized spacial score (nSPS) is 10.5. The highest BCUT2D eigenvalue weighted by atomic mass is 16.5. The third-order valence-electron chi connectivity index (χ3n) is 3.47. The molecule has 0 radical (unpaired) electrons. The van der Waals surface area contributed by atoms with Gasteiger partial charge in [-0.2, -0.15) is 0 Å². The maximum atomic E-state index is 12.7. The van der Waals surface area contributed by atoms with Crippen molar-refractivity contribution in [3.63, 3.8) is 0 Å². The molecule has 24 heavy (non-hydrogen) atoms. The van der Waals surface area contributed by atoms with E-state index in [4.69, 9.17) is 9.47 Å². The van der Waals surface area contributed by atoms with Gasteiger partial charge in [0.25, 0.3) is 5.91 Å². The van der Waals surface area contributed by atoms with Gasteiger partial charge < -0.3 is 14.8 Å². The second-order valence-corrected chi connectivity index (χ2v) is 5.62. The van der Waals surface area contributed by atoms with Crippen molar-refractivity contribution in [3.8, 4) is 11.6 Å². The maximum Gasteiger partial charge on any atom is 0.262 e. The van der Waals surface area contributed by atoms with Crippen LogP contribution in [0.2, 0.25) is 0 Å². The molecule has 0 fully saturated rings. The summed E-state index contributed by atoms with van der Waals surface area (Å²) in [7, 11) is 1.58. The number of hydrogen-bond acceptors (Lipinski definition) is 4. The topological polar surface area (TPSA) is 65.4 Å². The van der Waals surface area contributed by atoms with Crippen molar-refractivity contribution in [1.29, 1.82) is 0 Å². The van der Waals surface area contributed by atoms with Gasteiger partial charge in [0.15, 0.2) is 0 Å². The Morgan fingerprint density at radius 1 is 1.29 bits per heavy atom. The van der Waals surface area contributed by atoms with E-state index in [1.54, 1.807) is 18.0 Å². The molecule has 0 aliphatic carbocycles. The fraction of sp³-hybridized carbons (Fsp3) is 0.444. The average Bonchev–Trinajstić information content (AvgIpc) is 2.97. The van der Waals surface area contributed by atoms with Crippen LogP contribution in [0.4, 0.5) is 5.69 Å². The number of amides is 1. The van der Waals surface area contributed by atoms with Crippen LogP contribution in [-0.4, -0.2) is 29.4 Å². The minimum Gasteiger partial charge on any atom is -0.495 e. The second-order valence-electron chi connectivity index (χ2n) is 5.62. The molecule has 1 aromatic carbocycles. The van der Waals surface area contributed by atoms with E-state index in [1.807, 2.05) is 32.0 Å². The lowest BCUT2D eigenvalue weighted by Gasteiger charge is -2.11. The summed E-state index contributed by atoms with van der Waals surface area (Å²) in [6.07, 6.45) is 3.51. The molecule has 6 nitrogen and oxygen atoms in total. The van der Waals surface area contributed by atoms with Gasteiger partial charge in [0, 0.05) is 12.7 Å². The smallest absolute Gasteiger partial charge is 0.262 e. The van der Waals surface area contributed by atoms with Crippen LogP contribution in [0.1, 0.15) is 42.6 Å². The van der Waals surface area contributed by atoms with Gasteiger partial charge in [-0.1, -0.05) is 19.9 Å². The molecular formula is C18H25N3O3. The van der Waals surface area contributed by atoms with E-state index in [9.17, 15) is 4.79 Å². The lowest BCUT2D eigenvalue weighted by molar-refractivity contribution is 0.102. The highest BCUT2D eigenvalue weighted by molar-refractivity contribution is 6.06. The Balaban J connectivity index is 2.25. The zero-order valence-electron chi connectivity index (χ0n) is 14.8. The van der Waals surface area contributed by atoms with Crippen molar-refractivity contribution >= 4 is 11.6 Å². The zero-order chi connectivity index (χ0) is 17.5. The predicted octanol–water partition coefficient (Wildman–Crippen LogP) is 3.65. The zero-order valence-corrected chi connectivity index (χ0v) is 14.8. The summed E-state index contributed by atoms with van der Waals surface area (Å²) >= 11 is 0. The number of hydrogen-bond donors (Lipinski definition) is 1. The first-order valence-electron chi connectivity index (χ1n) is 8.25. The molecule has 1 amide bonds. The van der Waals surface area contributed by atoms with Crippen LogP contribution in [0, 0.1) is 6.92 Å². The van der Waals surface area contributed by atoms with Crippen LogP contribution < -0.4 is 14.8 Å². The van der Waals surface area contributed by atoms with E-state index in [-0.39, 0.29) is 5.91 Å². The number of benzene rings is 1. The molecule has 2 rings (SSSR count). The molecule has 0 unspecified atom stereocenters. The van der Waals surface area contributed by atoms with Crippen LogP contribution in [-0.2, 0) is 6.54 Å². The minimum atomic E-state index is -0.259. The van der Waals surface area contributed by atoms with Crippen molar-refractivity contribution in [1.82, 2.24) is 9.78 Å². The van der Waals surface area contributed by atoms with Gasteiger partial charge in [0.2, 0.25) is 5.88 Å². The molecule has 2 aromatic rings. The Kier molecular flexibility index (Phi) is 6.23. The number of nitrogens with one attached hydrogen (secondary N) is 1. The molecule has 1 aromatic heterocycles. The molecule has 0 aliphatic rings. The van der Waals surface area contributed by atoms with Gasteiger partial charge >= 0.3 is 0 Å². The quantitative estimate of drug-likeness (QED) is 0.802. The number of carbonyl (C=O) groups excluding carboxylic acids is 1. The summed E-state index contributed by atoms with van der Waals surface area (Å²) in [6, 6.07) is 5.63. The standard InChI is InChI=1S/C18H25N3O3/c1-5-9-21-12-14(18(20-21)24-10-6-2)17(22)19-15-8-7-13(3)11-16(15)23-4/h7-8,11-12H,5-6,9-10H2,1-4H3,(H,19,22).